The van der Waals surface area contributed by atoms with E-state index in [-0.39, 0.29) is 25.7 Å². The zero-order valence-electron chi connectivity index (χ0n) is 54.6. The normalized spacial score (nSPS) is 14.1. The van der Waals surface area contributed by atoms with Crippen LogP contribution in [0.4, 0.5) is 0 Å². The van der Waals surface area contributed by atoms with Gasteiger partial charge in [0.05, 0.1) is 26.4 Å². The highest BCUT2D eigenvalue weighted by molar-refractivity contribution is 7.47. The second-order valence-corrected chi connectivity index (χ2v) is 26.8. The van der Waals surface area contributed by atoms with Gasteiger partial charge in [-0.15, -0.1) is 0 Å². The van der Waals surface area contributed by atoms with Crippen molar-refractivity contribution in [2.45, 2.75) is 361 Å². The smallest absolute Gasteiger partial charge is 0.462 e. The van der Waals surface area contributed by atoms with Crippen LogP contribution in [0.2, 0.25) is 0 Å². The highest BCUT2D eigenvalue weighted by Crippen LogP contribution is 2.45. The SMILES string of the molecule is CCCCCCCCCCCCCCCCCCCCCCC(=O)O[C@H](COC(=O)CCCCCCCCCCCCC)COP(=O)(O)OC[C@@H](O)COP(=O)(O)OC[C@@H](COC(=O)CCCCCCC)OC(=O)CCCCCCCCCCC. The van der Waals surface area contributed by atoms with Gasteiger partial charge >= 0.3 is 39.5 Å². The molecule has 5 atom stereocenters. The monoisotopic (exact) mass is 1250 g/mol. The molecule has 0 bridgehead atoms. The van der Waals surface area contributed by atoms with Gasteiger partial charge in [-0.2, -0.15) is 0 Å². The summed E-state index contributed by atoms with van der Waals surface area (Å²) in [6.07, 6.45) is 47.7. The number of esters is 4. The molecule has 504 valence electrons. The Morgan fingerprint density at radius 2 is 0.471 bits per heavy atom. The molecular formula is C66H128O17P2. The summed E-state index contributed by atoms with van der Waals surface area (Å²) < 4.78 is 67.8. The van der Waals surface area contributed by atoms with Crippen molar-refractivity contribution in [3.63, 3.8) is 0 Å². The summed E-state index contributed by atoms with van der Waals surface area (Å²) >= 11 is 0. The fourth-order valence-corrected chi connectivity index (χ4v) is 11.6. The molecule has 0 aromatic heterocycles. The number of phosphoric ester groups is 2. The number of hydrogen-bond donors (Lipinski definition) is 3. The van der Waals surface area contributed by atoms with E-state index in [4.69, 9.17) is 37.0 Å². The topological polar surface area (TPSA) is 237 Å². The highest BCUT2D eigenvalue weighted by Gasteiger charge is 2.30. The van der Waals surface area contributed by atoms with E-state index in [2.05, 4.69) is 27.7 Å². The van der Waals surface area contributed by atoms with Crippen LogP contribution in [-0.4, -0.2) is 96.7 Å². The van der Waals surface area contributed by atoms with E-state index in [9.17, 15) is 43.2 Å². The Labute approximate surface area is 517 Å². The van der Waals surface area contributed by atoms with Gasteiger partial charge in [-0.3, -0.25) is 37.3 Å². The molecule has 0 aliphatic rings. The summed E-state index contributed by atoms with van der Waals surface area (Å²) in [6, 6.07) is 0. The fraction of sp³-hybridized carbons (Fsp3) is 0.939. The van der Waals surface area contributed by atoms with Gasteiger partial charge in [-0.05, 0) is 25.7 Å². The molecule has 0 rings (SSSR count). The Kier molecular flexibility index (Phi) is 59.6. The number of aliphatic hydroxyl groups excluding tert-OH is 1. The van der Waals surface area contributed by atoms with E-state index in [1.54, 1.807) is 0 Å². The molecular weight excluding hydrogens is 1130 g/mol. The molecule has 0 aliphatic heterocycles. The lowest BCUT2D eigenvalue weighted by Gasteiger charge is -2.21. The van der Waals surface area contributed by atoms with Crippen LogP contribution in [0.15, 0.2) is 0 Å². The standard InChI is InChI=1S/C66H128O17P2/c1-5-9-13-17-20-23-25-26-27-28-29-30-31-32-33-35-38-41-45-49-53-66(71)83-62(57-77-64(69)51-47-43-39-37-34-24-21-18-14-10-6-2)59-81-85(74,75)79-55-60(67)54-78-84(72,73)80-58-61(56-76-63(68)50-46-42-16-12-8-4)82-65(70)52-48-44-40-36-22-19-15-11-7-3/h60-62,67H,5-59H2,1-4H3,(H,72,73)(H,74,75)/t60-,61+,62+/m0/s1. The average molecular weight is 1260 g/mol. The maximum atomic E-state index is 13.0. The molecule has 0 heterocycles. The first-order valence-electron chi connectivity index (χ1n) is 34.8. The second kappa shape index (κ2) is 60.9. The van der Waals surface area contributed by atoms with Crippen LogP contribution >= 0.6 is 15.6 Å². The summed E-state index contributed by atoms with van der Waals surface area (Å²) in [5.74, 6) is -2.14. The van der Waals surface area contributed by atoms with Crippen LogP contribution in [0.3, 0.4) is 0 Å². The van der Waals surface area contributed by atoms with Gasteiger partial charge in [-0.1, -0.05) is 291 Å². The molecule has 3 N–H and O–H groups in total. The summed E-state index contributed by atoms with van der Waals surface area (Å²) in [5.41, 5.74) is 0. The van der Waals surface area contributed by atoms with Crippen molar-refractivity contribution in [1.82, 2.24) is 0 Å². The van der Waals surface area contributed by atoms with Crippen molar-refractivity contribution in [3.05, 3.63) is 0 Å². The number of carbonyl (C=O) groups excluding carboxylic acids is 4. The van der Waals surface area contributed by atoms with Crippen molar-refractivity contribution in [2.24, 2.45) is 0 Å². The number of ether oxygens (including phenoxy) is 4. The largest absolute Gasteiger partial charge is 0.472 e. The second-order valence-electron chi connectivity index (χ2n) is 23.9. The minimum atomic E-state index is -4.94. The third kappa shape index (κ3) is 60.7. The third-order valence-electron chi connectivity index (χ3n) is 15.4. The van der Waals surface area contributed by atoms with Crippen LogP contribution in [-0.2, 0) is 65.4 Å². The zero-order chi connectivity index (χ0) is 62.6. The lowest BCUT2D eigenvalue weighted by atomic mass is 10.0. The van der Waals surface area contributed by atoms with Crippen molar-refractivity contribution in [1.29, 1.82) is 0 Å². The van der Waals surface area contributed by atoms with Crippen molar-refractivity contribution in [3.8, 4) is 0 Å². The Hall–Kier alpha value is -1.94. The van der Waals surface area contributed by atoms with Crippen LogP contribution in [0.1, 0.15) is 342 Å². The quantitative estimate of drug-likeness (QED) is 0.0222. The predicted molar refractivity (Wildman–Crippen MR) is 340 cm³/mol. The molecule has 0 aliphatic carbocycles. The van der Waals surface area contributed by atoms with E-state index in [0.717, 1.165) is 96.3 Å². The zero-order valence-corrected chi connectivity index (χ0v) is 56.4. The molecule has 0 spiro atoms. The Morgan fingerprint density at radius 1 is 0.282 bits per heavy atom. The average Bonchev–Trinajstić information content (AvgIpc) is 3.56. The third-order valence-corrected chi connectivity index (χ3v) is 17.3. The van der Waals surface area contributed by atoms with Gasteiger partial charge < -0.3 is 33.8 Å². The van der Waals surface area contributed by atoms with Gasteiger partial charge in [-0.25, -0.2) is 9.13 Å². The molecule has 0 aromatic carbocycles. The van der Waals surface area contributed by atoms with Crippen LogP contribution in [0, 0.1) is 0 Å². The van der Waals surface area contributed by atoms with E-state index in [1.807, 2.05) is 0 Å². The molecule has 0 fully saturated rings. The molecule has 0 amide bonds. The summed E-state index contributed by atoms with van der Waals surface area (Å²) in [6.45, 7) is 4.80. The van der Waals surface area contributed by atoms with Crippen LogP contribution in [0.5, 0.6) is 0 Å². The molecule has 0 saturated carbocycles. The number of hydrogen-bond acceptors (Lipinski definition) is 15. The minimum Gasteiger partial charge on any atom is -0.462 e. The van der Waals surface area contributed by atoms with Crippen molar-refractivity contribution in [2.75, 3.05) is 39.6 Å². The molecule has 19 heteroatoms. The molecule has 2 unspecified atom stereocenters. The van der Waals surface area contributed by atoms with E-state index >= 15 is 0 Å². The summed E-state index contributed by atoms with van der Waals surface area (Å²) in [5, 5.41) is 10.5. The van der Waals surface area contributed by atoms with Gasteiger partial charge in [0, 0.05) is 25.7 Å². The molecule has 85 heavy (non-hydrogen) atoms. The maximum Gasteiger partial charge on any atom is 0.472 e. The first kappa shape index (κ1) is 83.1. The maximum absolute atomic E-state index is 13.0. The number of rotatable bonds is 67. The van der Waals surface area contributed by atoms with E-state index in [0.29, 0.717) is 25.7 Å². The molecule has 0 radical (unpaired) electrons. The lowest BCUT2D eigenvalue weighted by Crippen LogP contribution is -2.30. The number of phosphoric acid groups is 2. The fourth-order valence-electron chi connectivity index (χ4n) is 9.99. The van der Waals surface area contributed by atoms with Crippen LogP contribution < -0.4 is 0 Å². The lowest BCUT2D eigenvalue weighted by molar-refractivity contribution is -0.161. The van der Waals surface area contributed by atoms with E-state index in [1.165, 1.54) is 167 Å². The van der Waals surface area contributed by atoms with E-state index < -0.39 is 97.5 Å². The van der Waals surface area contributed by atoms with Crippen LogP contribution in [0.25, 0.3) is 0 Å². The first-order chi connectivity index (χ1) is 41.2. The molecule has 0 saturated heterocycles. The van der Waals surface area contributed by atoms with Crippen molar-refractivity contribution < 1.29 is 80.2 Å². The van der Waals surface area contributed by atoms with Crippen molar-refractivity contribution >= 4 is 39.5 Å². The van der Waals surface area contributed by atoms with Gasteiger partial charge in [0.15, 0.2) is 12.2 Å². The highest BCUT2D eigenvalue weighted by atomic mass is 31.2. The Bertz CT molecular complexity index is 1640. The number of unbranched alkanes of at least 4 members (excludes halogenated alkanes) is 41. The predicted octanol–water partition coefficient (Wildman–Crippen LogP) is 18.7. The summed E-state index contributed by atoms with van der Waals surface area (Å²) in [4.78, 5) is 72.0. The number of carbonyl (C=O) groups is 4. The first-order valence-corrected chi connectivity index (χ1v) is 37.8. The molecule has 0 aromatic rings. The molecule has 17 nitrogen and oxygen atoms in total. The summed E-state index contributed by atoms with van der Waals surface area (Å²) in [7, 11) is -9.88. The van der Waals surface area contributed by atoms with Gasteiger partial charge in [0.2, 0.25) is 0 Å². The Balaban J connectivity index is 5.09. The van der Waals surface area contributed by atoms with Gasteiger partial charge in [0.25, 0.3) is 0 Å². The van der Waals surface area contributed by atoms with Gasteiger partial charge in [0.1, 0.15) is 19.3 Å². The number of aliphatic hydroxyl groups is 1. The minimum absolute atomic E-state index is 0.105. The Morgan fingerprint density at radius 3 is 0.694 bits per heavy atom.